The largest absolute Gasteiger partial charge is 0.481 e. The highest BCUT2D eigenvalue weighted by molar-refractivity contribution is 7.90. The van der Waals surface area contributed by atoms with Gasteiger partial charge in [-0.15, -0.1) is 0 Å². The van der Waals surface area contributed by atoms with Crippen molar-refractivity contribution in [1.29, 1.82) is 0 Å². The number of carboxylic acid groups (broad SMARTS) is 1. The summed E-state index contributed by atoms with van der Waals surface area (Å²) in [6.45, 7) is 3.43. The van der Waals surface area contributed by atoms with E-state index in [0.717, 1.165) is 6.26 Å². The van der Waals surface area contributed by atoms with Crippen LogP contribution in [-0.4, -0.2) is 62.2 Å². The number of carbonyl (C=O) groups is 2. The molecule has 19 heavy (non-hydrogen) atoms. The summed E-state index contributed by atoms with van der Waals surface area (Å²) in [5.41, 5.74) is -1.44. The fourth-order valence-corrected chi connectivity index (χ4v) is 3.47. The van der Waals surface area contributed by atoms with Crippen molar-refractivity contribution in [3.05, 3.63) is 12.7 Å². The first-order chi connectivity index (χ1) is 8.70. The first kappa shape index (κ1) is 15.5. The number of ether oxygens (including phenoxy) is 1. The van der Waals surface area contributed by atoms with Crippen LogP contribution in [0.2, 0.25) is 0 Å². The van der Waals surface area contributed by atoms with E-state index in [2.05, 4.69) is 6.58 Å². The lowest BCUT2D eigenvalue weighted by Gasteiger charge is -2.23. The standard InChI is InChI=1S/C11H17NO6S/c1-3-6-18-10(15)12-5-4-11(7-12,9(13)14)8-19(2,16)17/h3H,1,4-8H2,2H3,(H,13,14). The van der Waals surface area contributed by atoms with Gasteiger partial charge >= 0.3 is 12.1 Å². The van der Waals surface area contributed by atoms with Crippen molar-refractivity contribution < 1.29 is 27.9 Å². The van der Waals surface area contributed by atoms with Gasteiger partial charge in [-0.05, 0) is 6.42 Å². The lowest BCUT2D eigenvalue weighted by Crippen LogP contribution is -2.41. The number of carbonyl (C=O) groups excluding carboxylic acids is 1. The minimum absolute atomic E-state index is 0.0292. The van der Waals surface area contributed by atoms with Crippen molar-refractivity contribution in [3.8, 4) is 0 Å². The van der Waals surface area contributed by atoms with Crippen molar-refractivity contribution in [2.75, 3.05) is 31.7 Å². The van der Waals surface area contributed by atoms with Crippen LogP contribution in [0.4, 0.5) is 4.79 Å². The molecule has 0 saturated carbocycles. The van der Waals surface area contributed by atoms with Crippen LogP contribution >= 0.6 is 0 Å². The van der Waals surface area contributed by atoms with Gasteiger partial charge in [0.15, 0.2) is 0 Å². The predicted molar refractivity (Wildman–Crippen MR) is 67.5 cm³/mol. The van der Waals surface area contributed by atoms with E-state index >= 15 is 0 Å². The van der Waals surface area contributed by atoms with Crippen molar-refractivity contribution in [2.45, 2.75) is 6.42 Å². The molecule has 0 bridgehead atoms. The zero-order valence-electron chi connectivity index (χ0n) is 10.7. The zero-order chi connectivity index (χ0) is 14.7. The van der Waals surface area contributed by atoms with E-state index in [9.17, 15) is 23.1 Å². The fraction of sp³-hybridized carbons (Fsp3) is 0.636. The summed E-state index contributed by atoms with van der Waals surface area (Å²) >= 11 is 0. The van der Waals surface area contributed by atoms with Gasteiger partial charge in [0, 0.05) is 19.3 Å². The van der Waals surface area contributed by atoms with E-state index in [0.29, 0.717) is 0 Å². The summed E-state index contributed by atoms with van der Waals surface area (Å²) in [7, 11) is -3.45. The van der Waals surface area contributed by atoms with Crippen molar-refractivity contribution in [2.24, 2.45) is 5.41 Å². The number of rotatable bonds is 5. The Bertz CT molecular complexity index is 485. The van der Waals surface area contributed by atoms with Gasteiger partial charge in [-0.25, -0.2) is 13.2 Å². The summed E-state index contributed by atoms with van der Waals surface area (Å²) in [5, 5.41) is 9.24. The van der Waals surface area contributed by atoms with E-state index in [1.807, 2.05) is 0 Å². The highest BCUT2D eigenvalue weighted by atomic mass is 32.2. The number of carboxylic acids is 1. The monoisotopic (exact) mass is 291 g/mol. The molecule has 1 N–H and O–H groups in total. The van der Waals surface area contributed by atoms with Gasteiger partial charge in [0.05, 0.1) is 5.75 Å². The number of sulfone groups is 1. The second kappa shape index (κ2) is 5.60. The Hall–Kier alpha value is -1.57. The molecule has 0 radical (unpaired) electrons. The lowest BCUT2D eigenvalue weighted by atomic mass is 9.90. The quantitative estimate of drug-likeness (QED) is 0.723. The van der Waals surface area contributed by atoms with Crippen LogP contribution in [0.15, 0.2) is 12.7 Å². The second-order valence-corrected chi connectivity index (χ2v) is 6.83. The first-order valence-electron chi connectivity index (χ1n) is 5.64. The molecule has 7 nitrogen and oxygen atoms in total. The lowest BCUT2D eigenvalue weighted by molar-refractivity contribution is -0.146. The topological polar surface area (TPSA) is 101 Å². The van der Waals surface area contributed by atoms with E-state index in [4.69, 9.17) is 4.74 Å². The Kier molecular flexibility index (Phi) is 4.56. The van der Waals surface area contributed by atoms with E-state index in [-0.39, 0.29) is 26.1 Å². The molecule has 1 unspecified atom stereocenters. The minimum Gasteiger partial charge on any atom is -0.481 e. The summed E-state index contributed by atoms with van der Waals surface area (Å²) in [5.74, 6) is -1.70. The molecule has 108 valence electrons. The third-order valence-corrected chi connectivity index (χ3v) is 4.01. The van der Waals surface area contributed by atoms with Gasteiger partial charge in [-0.2, -0.15) is 0 Å². The SMILES string of the molecule is C=CCOC(=O)N1CCC(CS(C)(=O)=O)(C(=O)O)C1. The highest BCUT2D eigenvalue weighted by Gasteiger charge is 2.48. The maximum absolute atomic E-state index is 11.6. The molecule has 1 rings (SSSR count). The second-order valence-electron chi connectivity index (χ2n) is 4.69. The van der Waals surface area contributed by atoms with Gasteiger partial charge < -0.3 is 14.7 Å². The van der Waals surface area contributed by atoms with E-state index in [1.54, 1.807) is 0 Å². The fourth-order valence-electron chi connectivity index (χ4n) is 2.11. The Labute approximate surface area is 111 Å². The zero-order valence-corrected chi connectivity index (χ0v) is 11.5. The summed E-state index contributed by atoms with van der Waals surface area (Å²) in [6.07, 6.45) is 1.82. The van der Waals surface area contributed by atoms with Crippen molar-refractivity contribution >= 4 is 21.9 Å². The van der Waals surface area contributed by atoms with E-state index in [1.165, 1.54) is 11.0 Å². The smallest absolute Gasteiger partial charge is 0.410 e. The number of aliphatic carboxylic acids is 1. The molecule has 1 atom stereocenters. The molecule has 0 aliphatic carbocycles. The Morgan fingerprint density at radius 2 is 2.16 bits per heavy atom. The molecule has 0 aromatic rings. The number of amides is 1. The van der Waals surface area contributed by atoms with Crippen LogP contribution in [0.3, 0.4) is 0 Å². The number of nitrogens with zero attached hydrogens (tertiary/aromatic N) is 1. The van der Waals surface area contributed by atoms with Crippen LogP contribution in [0, 0.1) is 5.41 Å². The molecule has 8 heteroatoms. The van der Waals surface area contributed by atoms with Crippen LogP contribution in [-0.2, 0) is 19.4 Å². The Balaban J connectivity index is 2.81. The summed E-state index contributed by atoms with van der Waals surface area (Å²) < 4.78 is 27.5. The van der Waals surface area contributed by atoms with Crippen LogP contribution in [0.5, 0.6) is 0 Å². The third kappa shape index (κ3) is 3.95. The first-order valence-corrected chi connectivity index (χ1v) is 7.70. The molecule has 1 amide bonds. The highest BCUT2D eigenvalue weighted by Crippen LogP contribution is 2.32. The third-order valence-electron chi connectivity index (χ3n) is 2.93. The predicted octanol–water partition coefficient (Wildman–Crippen LogP) is 0.130. The molecule has 1 saturated heterocycles. The molecule has 0 aromatic heterocycles. The molecule has 1 aliphatic heterocycles. The maximum atomic E-state index is 11.6. The number of hydrogen-bond acceptors (Lipinski definition) is 5. The molecule has 0 aromatic carbocycles. The van der Waals surface area contributed by atoms with Gasteiger partial charge in [-0.1, -0.05) is 12.7 Å². The van der Waals surface area contributed by atoms with Crippen LogP contribution in [0.25, 0.3) is 0 Å². The average molecular weight is 291 g/mol. The van der Waals surface area contributed by atoms with Gasteiger partial charge in [0.1, 0.15) is 21.9 Å². The van der Waals surface area contributed by atoms with Crippen molar-refractivity contribution in [1.82, 2.24) is 4.90 Å². The van der Waals surface area contributed by atoms with Crippen molar-refractivity contribution in [3.63, 3.8) is 0 Å². The van der Waals surface area contributed by atoms with Crippen LogP contribution in [0.1, 0.15) is 6.42 Å². The van der Waals surface area contributed by atoms with E-state index < -0.39 is 33.1 Å². The van der Waals surface area contributed by atoms with Gasteiger partial charge in [0.25, 0.3) is 0 Å². The summed E-state index contributed by atoms with van der Waals surface area (Å²) in [6, 6.07) is 0. The normalized spacial score (nSPS) is 23.1. The summed E-state index contributed by atoms with van der Waals surface area (Å²) in [4.78, 5) is 24.1. The molecular formula is C11H17NO6S. The molecule has 0 spiro atoms. The average Bonchev–Trinajstić information content (AvgIpc) is 2.69. The minimum atomic E-state index is -3.45. The van der Waals surface area contributed by atoms with Gasteiger partial charge in [0.2, 0.25) is 0 Å². The molecule has 1 heterocycles. The maximum Gasteiger partial charge on any atom is 0.410 e. The Morgan fingerprint density at radius 1 is 1.53 bits per heavy atom. The van der Waals surface area contributed by atoms with Gasteiger partial charge in [-0.3, -0.25) is 4.79 Å². The van der Waals surface area contributed by atoms with Crippen LogP contribution < -0.4 is 0 Å². The number of likely N-dealkylation sites (tertiary alicyclic amines) is 1. The Morgan fingerprint density at radius 3 is 2.63 bits per heavy atom. The molecular weight excluding hydrogens is 274 g/mol. The molecule has 1 aliphatic rings. The number of hydrogen-bond donors (Lipinski definition) is 1. The molecule has 1 fully saturated rings.